The van der Waals surface area contributed by atoms with Crippen LogP contribution in [0.3, 0.4) is 0 Å². The van der Waals surface area contributed by atoms with Crippen molar-refractivity contribution in [2.75, 3.05) is 36.0 Å². The Morgan fingerprint density at radius 2 is 1.64 bits per heavy atom. The third kappa shape index (κ3) is 3.55. The lowest BCUT2D eigenvalue weighted by Gasteiger charge is -2.38. The molecule has 1 amide bonds. The predicted molar refractivity (Wildman–Crippen MR) is 105 cm³/mol. The molecule has 1 heterocycles. The van der Waals surface area contributed by atoms with Crippen LogP contribution in [-0.2, 0) is 0 Å². The SMILES string of the molecule is Cc1ccc(N2CCN(c3ccc(C(N)=O)c(Cl)c3C)CC2)cc1Cl. The van der Waals surface area contributed by atoms with E-state index in [0.717, 1.165) is 53.7 Å². The fraction of sp³-hybridized carbons (Fsp3) is 0.316. The van der Waals surface area contributed by atoms with Gasteiger partial charge in [-0.2, -0.15) is 0 Å². The Morgan fingerprint density at radius 1 is 1.00 bits per heavy atom. The summed E-state index contributed by atoms with van der Waals surface area (Å²) in [6.07, 6.45) is 0. The molecule has 0 spiro atoms. The Balaban J connectivity index is 1.75. The first kappa shape index (κ1) is 17.9. The highest BCUT2D eigenvalue weighted by molar-refractivity contribution is 6.35. The highest BCUT2D eigenvalue weighted by atomic mass is 35.5. The van der Waals surface area contributed by atoms with Crippen molar-refractivity contribution in [3.8, 4) is 0 Å². The number of hydrogen-bond acceptors (Lipinski definition) is 3. The smallest absolute Gasteiger partial charge is 0.250 e. The molecule has 25 heavy (non-hydrogen) atoms. The maximum absolute atomic E-state index is 11.4. The Bertz CT molecular complexity index is 815. The third-order valence-corrected chi connectivity index (χ3v) is 5.66. The molecule has 4 nitrogen and oxygen atoms in total. The quantitative estimate of drug-likeness (QED) is 0.877. The summed E-state index contributed by atoms with van der Waals surface area (Å²) in [7, 11) is 0. The van der Waals surface area contributed by atoms with Crippen molar-refractivity contribution >= 4 is 40.5 Å². The molecule has 1 saturated heterocycles. The van der Waals surface area contributed by atoms with Crippen molar-refractivity contribution in [2.45, 2.75) is 13.8 Å². The minimum Gasteiger partial charge on any atom is -0.368 e. The van der Waals surface area contributed by atoms with E-state index in [4.69, 9.17) is 28.9 Å². The van der Waals surface area contributed by atoms with Crippen molar-refractivity contribution in [3.63, 3.8) is 0 Å². The number of nitrogens with zero attached hydrogens (tertiary/aromatic N) is 2. The lowest BCUT2D eigenvalue weighted by atomic mass is 10.1. The van der Waals surface area contributed by atoms with E-state index in [1.165, 1.54) is 0 Å². The summed E-state index contributed by atoms with van der Waals surface area (Å²) in [6.45, 7) is 7.47. The summed E-state index contributed by atoms with van der Waals surface area (Å²) in [4.78, 5) is 16.0. The Hall–Kier alpha value is -1.91. The monoisotopic (exact) mass is 377 g/mol. The van der Waals surface area contributed by atoms with E-state index in [0.29, 0.717) is 10.6 Å². The summed E-state index contributed by atoms with van der Waals surface area (Å²) < 4.78 is 0. The second-order valence-electron chi connectivity index (χ2n) is 6.34. The average molecular weight is 378 g/mol. The van der Waals surface area contributed by atoms with Gasteiger partial charge >= 0.3 is 0 Å². The molecule has 0 aliphatic carbocycles. The van der Waals surface area contributed by atoms with Gasteiger partial charge in [0, 0.05) is 42.6 Å². The van der Waals surface area contributed by atoms with Crippen LogP contribution >= 0.6 is 23.2 Å². The van der Waals surface area contributed by atoms with Crippen LogP contribution in [-0.4, -0.2) is 32.1 Å². The Kier molecular flexibility index (Phi) is 5.11. The molecule has 1 fully saturated rings. The van der Waals surface area contributed by atoms with Gasteiger partial charge in [-0.15, -0.1) is 0 Å². The molecule has 3 rings (SSSR count). The number of halogens is 2. The number of anilines is 2. The first-order valence-electron chi connectivity index (χ1n) is 8.23. The molecule has 1 aliphatic heterocycles. The molecule has 0 aromatic heterocycles. The number of rotatable bonds is 3. The Labute approximate surface area is 158 Å². The second-order valence-corrected chi connectivity index (χ2v) is 7.13. The molecule has 0 saturated carbocycles. The van der Waals surface area contributed by atoms with Crippen LogP contribution in [0.25, 0.3) is 0 Å². The molecule has 1 aliphatic rings. The fourth-order valence-electron chi connectivity index (χ4n) is 3.19. The fourth-order valence-corrected chi connectivity index (χ4v) is 3.62. The van der Waals surface area contributed by atoms with Gasteiger partial charge in [-0.1, -0.05) is 29.3 Å². The molecular weight excluding hydrogens is 357 g/mol. The Morgan fingerprint density at radius 3 is 2.24 bits per heavy atom. The van der Waals surface area contributed by atoms with Crippen molar-refractivity contribution in [2.24, 2.45) is 5.73 Å². The first-order valence-corrected chi connectivity index (χ1v) is 8.99. The average Bonchev–Trinajstić information content (AvgIpc) is 2.59. The molecule has 132 valence electrons. The summed E-state index contributed by atoms with van der Waals surface area (Å²) in [5, 5.41) is 1.24. The number of primary amides is 1. The summed E-state index contributed by atoms with van der Waals surface area (Å²) >= 11 is 12.6. The van der Waals surface area contributed by atoms with Gasteiger partial charge in [-0.25, -0.2) is 0 Å². The van der Waals surface area contributed by atoms with Crippen LogP contribution in [0.2, 0.25) is 10.0 Å². The molecule has 0 radical (unpaired) electrons. The summed E-state index contributed by atoms with van der Waals surface area (Å²) in [6, 6.07) is 9.83. The molecular formula is C19H21Cl2N3O. The zero-order chi connectivity index (χ0) is 18.1. The standard InChI is InChI=1S/C19H21Cl2N3O/c1-12-3-4-14(11-16(12)20)23-7-9-24(10-8-23)17-6-5-15(19(22)25)18(21)13(17)2/h3-6,11H,7-10H2,1-2H3,(H2,22,25). The molecule has 0 atom stereocenters. The number of benzene rings is 2. The van der Waals surface area contributed by atoms with Crippen LogP contribution in [0.4, 0.5) is 11.4 Å². The molecule has 2 N–H and O–H groups in total. The zero-order valence-corrected chi connectivity index (χ0v) is 15.9. The number of aryl methyl sites for hydroxylation is 1. The first-order chi connectivity index (χ1) is 11.9. The largest absolute Gasteiger partial charge is 0.368 e. The van der Waals surface area contributed by atoms with Crippen LogP contribution in [0, 0.1) is 13.8 Å². The van der Waals surface area contributed by atoms with E-state index in [2.05, 4.69) is 21.9 Å². The van der Waals surface area contributed by atoms with E-state index >= 15 is 0 Å². The van der Waals surface area contributed by atoms with Gasteiger partial charge in [0.2, 0.25) is 5.91 Å². The molecule has 2 aromatic rings. The second kappa shape index (κ2) is 7.14. The van der Waals surface area contributed by atoms with Crippen LogP contribution in [0.15, 0.2) is 30.3 Å². The number of amides is 1. The number of hydrogen-bond donors (Lipinski definition) is 1. The highest BCUT2D eigenvalue weighted by Gasteiger charge is 2.21. The molecule has 6 heteroatoms. The summed E-state index contributed by atoms with van der Waals surface area (Å²) in [5.74, 6) is -0.499. The predicted octanol–water partition coefficient (Wildman–Crippen LogP) is 4.04. The highest BCUT2D eigenvalue weighted by Crippen LogP contribution is 2.31. The van der Waals surface area contributed by atoms with Gasteiger partial charge in [0.15, 0.2) is 0 Å². The van der Waals surface area contributed by atoms with E-state index in [9.17, 15) is 4.79 Å². The molecule has 2 aromatic carbocycles. The molecule has 0 unspecified atom stereocenters. The summed E-state index contributed by atoms with van der Waals surface area (Å²) in [5.41, 5.74) is 9.91. The van der Waals surface area contributed by atoms with Gasteiger partial charge in [-0.3, -0.25) is 4.79 Å². The van der Waals surface area contributed by atoms with Crippen molar-refractivity contribution in [1.82, 2.24) is 0 Å². The van der Waals surface area contributed by atoms with Crippen molar-refractivity contribution in [1.29, 1.82) is 0 Å². The minimum atomic E-state index is -0.499. The lowest BCUT2D eigenvalue weighted by Crippen LogP contribution is -2.46. The normalized spacial score (nSPS) is 14.7. The van der Waals surface area contributed by atoms with E-state index in [-0.39, 0.29) is 0 Å². The van der Waals surface area contributed by atoms with Gasteiger partial charge in [-0.05, 0) is 49.2 Å². The zero-order valence-electron chi connectivity index (χ0n) is 14.4. The van der Waals surface area contributed by atoms with Gasteiger partial charge in [0.05, 0.1) is 10.6 Å². The minimum absolute atomic E-state index is 0.371. The van der Waals surface area contributed by atoms with Crippen LogP contribution in [0.5, 0.6) is 0 Å². The van der Waals surface area contributed by atoms with Crippen molar-refractivity contribution in [3.05, 3.63) is 57.1 Å². The number of nitrogens with two attached hydrogens (primary N) is 1. The lowest BCUT2D eigenvalue weighted by molar-refractivity contribution is 0.100. The number of carbonyl (C=O) groups excluding carboxylic acids is 1. The third-order valence-electron chi connectivity index (χ3n) is 4.76. The van der Waals surface area contributed by atoms with Crippen LogP contribution < -0.4 is 15.5 Å². The van der Waals surface area contributed by atoms with Crippen LogP contribution in [0.1, 0.15) is 21.5 Å². The van der Waals surface area contributed by atoms with Gasteiger partial charge in [0.1, 0.15) is 0 Å². The molecule has 0 bridgehead atoms. The van der Waals surface area contributed by atoms with Crippen molar-refractivity contribution < 1.29 is 4.79 Å². The van der Waals surface area contributed by atoms with E-state index in [1.54, 1.807) is 6.07 Å². The number of piperazine rings is 1. The maximum Gasteiger partial charge on any atom is 0.250 e. The van der Waals surface area contributed by atoms with E-state index in [1.807, 2.05) is 26.0 Å². The maximum atomic E-state index is 11.4. The van der Waals surface area contributed by atoms with Gasteiger partial charge < -0.3 is 15.5 Å². The van der Waals surface area contributed by atoms with E-state index < -0.39 is 5.91 Å². The van der Waals surface area contributed by atoms with Gasteiger partial charge in [0.25, 0.3) is 0 Å². The number of carbonyl (C=O) groups is 1. The topological polar surface area (TPSA) is 49.6 Å².